The normalized spacial score (nSPS) is 10.7. The first kappa shape index (κ1) is 13.6. The lowest BCUT2D eigenvalue weighted by Gasteiger charge is -2.06. The van der Waals surface area contributed by atoms with Crippen molar-refractivity contribution in [2.24, 2.45) is 0 Å². The van der Waals surface area contributed by atoms with E-state index in [0.29, 0.717) is 16.5 Å². The molecule has 1 heterocycles. The molecule has 0 aliphatic rings. The largest absolute Gasteiger partial charge is 0.268 e. The van der Waals surface area contributed by atoms with Gasteiger partial charge in [-0.1, -0.05) is 48.2 Å². The third kappa shape index (κ3) is 2.62. The van der Waals surface area contributed by atoms with Crippen LogP contribution in [0.1, 0.15) is 10.4 Å². The van der Waals surface area contributed by atoms with Crippen molar-refractivity contribution in [3.05, 3.63) is 72.8 Å². The fraction of sp³-hybridized carbons (Fsp3) is 0.0588. The maximum atomic E-state index is 12.8. The second-order valence-corrected chi connectivity index (χ2v) is 5.48. The van der Waals surface area contributed by atoms with Gasteiger partial charge in [0.2, 0.25) is 0 Å². The van der Waals surface area contributed by atoms with Gasteiger partial charge in [-0.2, -0.15) is 0 Å². The van der Waals surface area contributed by atoms with Crippen molar-refractivity contribution < 1.29 is 4.79 Å². The molecule has 104 valence electrons. The molecule has 1 aromatic heterocycles. The lowest BCUT2D eigenvalue weighted by atomic mass is 10.2. The monoisotopic (exact) mass is 294 g/mol. The second-order valence-electron chi connectivity index (χ2n) is 4.49. The zero-order valence-corrected chi connectivity index (χ0v) is 12.2. The predicted molar refractivity (Wildman–Crippen MR) is 86.8 cm³/mol. The molecule has 0 aliphatic carbocycles. The Bertz CT molecular complexity index is 793. The molecule has 0 saturated heterocycles. The van der Waals surface area contributed by atoms with Crippen LogP contribution in [-0.4, -0.2) is 21.2 Å². The van der Waals surface area contributed by atoms with E-state index in [-0.39, 0.29) is 5.91 Å². The zero-order chi connectivity index (χ0) is 14.7. The molecule has 0 fully saturated rings. The summed E-state index contributed by atoms with van der Waals surface area (Å²) in [6.45, 7) is 3.72. The van der Waals surface area contributed by atoms with Gasteiger partial charge in [0, 0.05) is 11.3 Å². The number of fused-ring (bicyclic) bond motifs is 1. The molecule has 3 aromatic rings. The lowest BCUT2D eigenvalue weighted by Crippen LogP contribution is -2.13. The predicted octanol–water partition coefficient (Wildman–Crippen LogP) is 4.00. The Morgan fingerprint density at radius 1 is 1.14 bits per heavy atom. The summed E-state index contributed by atoms with van der Waals surface area (Å²) in [7, 11) is 0. The lowest BCUT2D eigenvalue weighted by molar-refractivity contribution is 0.0955. The number of carbonyl (C=O) groups excluding carboxylic acids is 1. The number of thioether (sulfide) groups is 1. The number of aromatic nitrogens is 2. The van der Waals surface area contributed by atoms with Gasteiger partial charge in [-0.25, -0.2) is 4.98 Å². The SMILES string of the molecule is C=CCSc1nc2ccccc2n1C(=O)c1ccccc1. The standard InChI is InChI=1S/C17H14N2OS/c1-2-12-21-17-18-14-10-6-7-11-15(14)19(17)16(20)13-8-4-3-5-9-13/h2-11H,1,12H2. The summed E-state index contributed by atoms with van der Waals surface area (Å²) in [4.78, 5) is 17.3. The van der Waals surface area contributed by atoms with E-state index < -0.39 is 0 Å². The molecule has 21 heavy (non-hydrogen) atoms. The molecule has 0 bridgehead atoms. The van der Waals surface area contributed by atoms with E-state index in [1.54, 1.807) is 10.6 Å². The fourth-order valence-corrected chi connectivity index (χ4v) is 2.88. The van der Waals surface area contributed by atoms with Crippen LogP contribution in [0.3, 0.4) is 0 Å². The van der Waals surface area contributed by atoms with Crippen molar-refractivity contribution in [2.45, 2.75) is 5.16 Å². The topological polar surface area (TPSA) is 34.9 Å². The second kappa shape index (κ2) is 5.97. The fourth-order valence-electron chi connectivity index (χ4n) is 2.14. The summed E-state index contributed by atoms with van der Waals surface area (Å²) in [5.74, 6) is 0.654. The van der Waals surface area contributed by atoms with Crippen LogP contribution in [0.2, 0.25) is 0 Å². The first-order valence-corrected chi connectivity index (χ1v) is 7.61. The third-order valence-corrected chi connectivity index (χ3v) is 4.02. The van der Waals surface area contributed by atoms with Crippen molar-refractivity contribution in [1.82, 2.24) is 9.55 Å². The maximum Gasteiger partial charge on any atom is 0.264 e. The van der Waals surface area contributed by atoms with Gasteiger partial charge in [-0.05, 0) is 24.3 Å². The van der Waals surface area contributed by atoms with E-state index in [9.17, 15) is 4.79 Å². The Balaban J connectivity index is 2.14. The van der Waals surface area contributed by atoms with Crippen LogP contribution in [-0.2, 0) is 0 Å². The number of hydrogen-bond donors (Lipinski definition) is 0. The van der Waals surface area contributed by atoms with E-state index in [1.807, 2.05) is 54.6 Å². The highest BCUT2D eigenvalue weighted by molar-refractivity contribution is 7.99. The smallest absolute Gasteiger partial charge is 0.264 e. The minimum Gasteiger partial charge on any atom is -0.268 e. The number of nitrogens with zero attached hydrogens (tertiary/aromatic N) is 2. The number of hydrogen-bond acceptors (Lipinski definition) is 3. The van der Waals surface area contributed by atoms with Gasteiger partial charge in [-0.15, -0.1) is 6.58 Å². The molecule has 3 nitrogen and oxygen atoms in total. The van der Waals surface area contributed by atoms with Gasteiger partial charge in [-0.3, -0.25) is 9.36 Å². The minimum atomic E-state index is -0.0594. The Hall–Kier alpha value is -2.33. The van der Waals surface area contributed by atoms with Crippen molar-refractivity contribution in [2.75, 3.05) is 5.75 Å². The summed E-state index contributed by atoms with van der Waals surface area (Å²) in [5.41, 5.74) is 2.31. The van der Waals surface area contributed by atoms with E-state index in [2.05, 4.69) is 11.6 Å². The summed E-state index contributed by atoms with van der Waals surface area (Å²) in [6, 6.07) is 16.9. The molecule has 0 amide bonds. The van der Waals surface area contributed by atoms with Crippen LogP contribution in [0.15, 0.2) is 72.4 Å². The van der Waals surface area contributed by atoms with Crippen molar-refractivity contribution in [3.8, 4) is 0 Å². The molecule has 0 unspecified atom stereocenters. The van der Waals surface area contributed by atoms with Crippen molar-refractivity contribution in [1.29, 1.82) is 0 Å². The molecule has 0 saturated carbocycles. The summed E-state index contributed by atoms with van der Waals surface area (Å²) >= 11 is 1.51. The van der Waals surface area contributed by atoms with Crippen molar-refractivity contribution >= 4 is 28.7 Å². The molecule has 2 aromatic carbocycles. The van der Waals surface area contributed by atoms with Crippen LogP contribution in [0.4, 0.5) is 0 Å². The summed E-state index contributed by atoms with van der Waals surface area (Å²) in [5, 5.41) is 0.699. The average Bonchev–Trinajstić information content (AvgIpc) is 2.91. The average molecular weight is 294 g/mol. The highest BCUT2D eigenvalue weighted by Gasteiger charge is 2.17. The first-order chi connectivity index (χ1) is 10.3. The van der Waals surface area contributed by atoms with E-state index >= 15 is 0 Å². The quantitative estimate of drug-likeness (QED) is 0.539. The Morgan fingerprint density at radius 2 is 1.86 bits per heavy atom. The van der Waals surface area contributed by atoms with Gasteiger partial charge in [0.15, 0.2) is 5.16 Å². The van der Waals surface area contributed by atoms with Gasteiger partial charge < -0.3 is 0 Å². The van der Waals surface area contributed by atoms with E-state index in [0.717, 1.165) is 11.0 Å². The molecular formula is C17H14N2OS. The first-order valence-electron chi connectivity index (χ1n) is 6.62. The minimum absolute atomic E-state index is 0.0594. The molecule has 0 N–H and O–H groups in total. The molecule has 0 radical (unpaired) electrons. The van der Waals surface area contributed by atoms with Crippen LogP contribution in [0, 0.1) is 0 Å². The molecule has 4 heteroatoms. The molecular weight excluding hydrogens is 280 g/mol. The maximum absolute atomic E-state index is 12.8. The number of benzene rings is 2. The van der Waals surface area contributed by atoms with Crippen LogP contribution in [0.5, 0.6) is 0 Å². The van der Waals surface area contributed by atoms with Gasteiger partial charge in [0.1, 0.15) is 0 Å². The van der Waals surface area contributed by atoms with Gasteiger partial charge in [0.25, 0.3) is 5.91 Å². The summed E-state index contributed by atoms with van der Waals surface area (Å²) in [6.07, 6.45) is 1.81. The van der Waals surface area contributed by atoms with Crippen LogP contribution < -0.4 is 0 Å². The Morgan fingerprint density at radius 3 is 2.62 bits per heavy atom. The molecule has 3 rings (SSSR count). The third-order valence-electron chi connectivity index (χ3n) is 3.08. The number of imidazole rings is 1. The molecule has 0 aliphatic heterocycles. The van der Waals surface area contributed by atoms with Crippen LogP contribution >= 0.6 is 11.8 Å². The van der Waals surface area contributed by atoms with E-state index in [1.165, 1.54) is 11.8 Å². The van der Waals surface area contributed by atoms with Crippen LogP contribution in [0.25, 0.3) is 11.0 Å². The van der Waals surface area contributed by atoms with E-state index in [4.69, 9.17) is 0 Å². The molecule has 0 spiro atoms. The Kier molecular flexibility index (Phi) is 3.88. The highest BCUT2D eigenvalue weighted by atomic mass is 32.2. The highest BCUT2D eigenvalue weighted by Crippen LogP contribution is 2.25. The Labute approximate surface area is 127 Å². The van der Waals surface area contributed by atoms with Gasteiger partial charge >= 0.3 is 0 Å². The molecule has 0 atom stereocenters. The number of carbonyl (C=O) groups is 1. The number of rotatable bonds is 4. The van der Waals surface area contributed by atoms with Crippen molar-refractivity contribution in [3.63, 3.8) is 0 Å². The zero-order valence-electron chi connectivity index (χ0n) is 11.4. The summed E-state index contributed by atoms with van der Waals surface area (Å²) < 4.78 is 1.68. The number of para-hydroxylation sites is 2. The van der Waals surface area contributed by atoms with Gasteiger partial charge in [0.05, 0.1) is 11.0 Å².